The average Bonchev–Trinajstić information content (AvgIpc) is 2.40. The van der Waals surface area contributed by atoms with Crippen molar-refractivity contribution in [1.29, 1.82) is 0 Å². The highest BCUT2D eigenvalue weighted by Gasteiger charge is 2.47. The topological polar surface area (TPSA) is 49.8 Å². The number of ether oxygens (including phenoxy) is 1. The second-order valence-electron chi connectivity index (χ2n) is 4.97. The van der Waals surface area contributed by atoms with Crippen molar-refractivity contribution < 1.29 is 14.6 Å². The van der Waals surface area contributed by atoms with Crippen LogP contribution >= 0.6 is 0 Å². The summed E-state index contributed by atoms with van der Waals surface area (Å²) in [4.78, 5) is 13.2. The molecule has 0 aromatic rings. The van der Waals surface area contributed by atoms with E-state index in [1.165, 1.54) is 0 Å². The van der Waals surface area contributed by atoms with E-state index in [1.54, 1.807) is 0 Å². The van der Waals surface area contributed by atoms with Crippen molar-refractivity contribution in [2.75, 3.05) is 26.3 Å². The Hall–Kier alpha value is -0.610. The van der Waals surface area contributed by atoms with E-state index in [9.17, 15) is 4.79 Å². The maximum absolute atomic E-state index is 10.9. The van der Waals surface area contributed by atoms with E-state index in [-0.39, 0.29) is 0 Å². The van der Waals surface area contributed by atoms with E-state index in [1.807, 2.05) is 6.92 Å². The third kappa shape index (κ3) is 2.16. The molecule has 0 radical (unpaired) electrons. The second kappa shape index (κ2) is 4.10. The van der Waals surface area contributed by atoms with Gasteiger partial charge in [-0.25, -0.2) is 0 Å². The summed E-state index contributed by atoms with van der Waals surface area (Å²) in [6.07, 6.45) is 3.30. The molecule has 86 valence electrons. The van der Waals surface area contributed by atoms with Crippen molar-refractivity contribution in [3.8, 4) is 0 Å². The van der Waals surface area contributed by atoms with Crippen LogP contribution in [0, 0.1) is 5.41 Å². The lowest BCUT2D eigenvalue weighted by Crippen LogP contribution is -2.61. The van der Waals surface area contributed by atoms with E-state index >= 15 is 0 Å². The summed E-state index contributed by atoms with van der Waals surface area (Å²) in [7, 11) is 0. The molecule has 2 saturated heterocycles. The summed E-state index contributed by atoms with van der Waals surface area (Å²) in [5.41, 5.74) is -0.507. The van der Waals surface area contributed by atoms with Gasteiger partial charge in [0.25, 0.3) is 0 Å². The predicted octanol–water partition coefficient (Wildman–Crippen LogP) is 0.962. The van der Waals surface area contributed by atoms with Gasteiger partial charge in [-0.15, -0.1) is 0 Å². The molecule has 0 spiro atoms. The Morgan fingerprint density at radius 2 is 2.13 bits per heavy atom. The highest BCUT2D eigenvalue weighted by atomic mass is 16.5. The first kappa shape index (κ1) is 10.9. The third-order valence-corrected chi connectivity index (χ3v) is 3.56. The number of hydrogen-bond acceptors (Lipinski definition) is 3. The fourth-order valence-corrected chi connectivity index (χ4v) is 2.50. The fraction of sp³-hybridized carbons (Fsp3) is 0.909. The van der Waals surface area contributed by atoms with Crippen LogP contribution in [-0.4, -0.2) is 48.3 Å². The lowest BCUT2D eigenvalue weighted by atomic mass is 9.80. The van der Waals surface area contributed by atoms with E-state index < -0.39 is 11.4 Å². The van der Waals surface area contributed by atoms with E-state index in [0.29, 0.717) is 19.1 Å². The van der Waals surface area contributed by atoms with Gasteiger partial charge in [0.15, 0.2) is 0 Å². The fourth-order valence-electron chi connectivity index (χ4n) is 2.50. The molecule has 1 N–H and O–H groups in total. The number of rotatable bonds is 2. The summed E-state index contributed by atoms with van der Waals surface area (Å²) in [6.45, 7) is 4.92. The molecule has 0 bridgehead atoms. The molecule has 2 heterocycles. The van der Waals surface area contributed by atoms with Crippen LogP contribution in [0.4, 0.5) is 0 Å². The maximum Gasteiger partial charge on any atom is 0.311 e. The predicted molar refractivity (Wildman–Crippen MR) is 55.8 cm³/mol. The van der Waals surface area contributed by atoms with Gasteiger partial charge in [-0.05, 0) is 26.2 Å². The highest BCUT2D eigenvalue weighted by Crippen LogP contribution is 2.34. The summed E-state index contributed by atoms with van der Waals surface area (Å²) in [5.74, 6) is -0.663. The Balaban J connectivity index is 1.85. The number of aliphatic carboxylic acids is 1. The van der Waals surface area contributed by atoms with Crippen molar-refractivity contribution in [1.82, 2.24) is 4.90 Å². The Kier molecular flexibility index (Phi) is 2.98. The van der Waals surface area contributed by atoms with Crippen LogP contribution in [0.3, 0.4) is 0 Å². The molecule has 0 aliphatic carbocycles. The van der Waals surface area contributed by atoms with Crippen molar-refractivity contribution in [3.05, 3.63) is 0 Å². The largest absolute Gasteiger partial charge is 0.481 e. The lowest BCUT2D eigenvalue weighted by molar-refractivity contribution is -0.160. The zero-order valence-electron chi connectivity index (χ0n) is 9.24. The molecular formula is C11H19NO3. The number of likely N-dealkylation sites (tertiary alicyclic amines) is 1. The van der Waals surface area contributed by atoms with Crippen LogP contribution in [0.15, 0.2) is 0 Å². The number of carbonyl (C=O) groups is 1. The van der Waals surface area contributed by atoms with Crippen molar-refractivity contribution in [2.45, 2.75) is 32.2 Å². The normalized spacial score (nSPS) is 31.7. The number of nitrogens with zero attached hydrogens (tertiary/aromatic N) is 1. The first-order chi connectivity index (χ1) is 7.12. The number of carboxylic acids is 1. The third-order valence-electron chi connectivity index (χ3n) is 3.56. The Bertz CT molecular complexity index is 240. The Labute approximate surface area is 90.2 Å². The van der Waals surface area contributed by atoms with Gasteiger partial charge in [0.05, 0.1) is 5.41 Å². The number of hydrogen-bond donors (Lipinski definition) is 1. The van der Waals surface area contributed by atoms with E-state index in [2.05, 4.69) is 4.90 Å². The molecule has 0 amide bonds. The SMILES string of the molecule is CC1(C(=O)O)CN(C2CCCOCC2)C1. The molecule has 1 unspecified atom stereocenters. The molecule has 0 saturated carbocycles. The molecule has 1 atom stereocenters. The Morgan fingerprint density at radius 1 is 1.40 bits per heavy atom. The zero-order valence-corrected chi connectivity index (χ0v) is 9.24. The van der Waals surface area contributed by atoms with Gasteiger partial charge in [0, 0.05) is 32.3 Å². The molecule has 2 rings (SSSR count). The molecule has 2 fully saturated rings. The molecule has 4 heteroatoms. The molecule has 0 aromatic heterocycles. The van der Waals surface area contributed by atoms with Gasteiger partial charge in [-0.1, -0.05) is 0 Å². The maximum atomic E-state index is 10.9. The Morgan fingerprint density at radius 3 is 2.80 bits per heavy atom. The highest BCUT2D eigenvalue weighted by molar-refractivity contribution is 5.76. The monoisotopic (exact) mass is 213 g/mol. The standard InChI is InChI=1S/C11H19NO3/c1-11(10(13)14)7-12(8-11)9-3-2-5-15-6-4-9/h9H,2-8H2,1H3,(H,13,14). The van der Waals surface area contributed by atoms with Crippen molar-refractivity contribution in [3.63, 3.8) is 0 Å². The molecule has 15 heavy (non-hydrogen) atoms. The minimum Gasteiger partial charge on any atom is -0.481 e. The summed E-state index contributed by atoms with van der Waals surface area (Å²) in [5, 5.41) is 9.01. The van der Waals surface area contributed by atoms with Crippen LogP contribution < -0.4 is 0 Å². The van der Waals surface area contributed by atoms with Crippen molar-refractivity contribution in [2.24, 2.45) is 5.41 Å². The minimum absolute atomic E-state index is 0.507. The molecule has 2 aliphatic heterocycles. The van der Waals surface area contributed by atoms with Crippen LogP contribution in [0.2, 0.25) is 0 Å². The van der Waals surface area contributed by atoms with Crippen LogP contribution in [-0.2, 0) is 9.53 Å². The van der Waals surface area contributed by atoms with Gasteiger partial charge in [-0.3, -0.25) is 9.69 Å². The van der Waals surface area contributed by atoms with Gasteiger partial charge >= 0.3 is 5.97 Å². The average molecular weight is 213 g/mol. The summed E-state index contributed by atoms with van der Waals surface area (Å²) < 4.78 is 5.40. The second-order valence-corrected chi connectivity index (χ2v) is 4.97. The molecule has 0 aromatic carbocycles. The van der Waals surface area contributed by atoms with Crippen LogP contribution in [0.1, 0.15) is 26.2 Å². The van der Waals surface area contributed by atoms with E-state index in [0.717, 1.165) is 32.5 Å². The molecule has 4 nitrogen and oxygen atoms in total. The summed E-state index contributed by atoms with van der Waals surface area (Å²) in [6, 6.07) is 0.542. The first-order valence-electron chi connectivity index (χ1n) is 5.67. The smallest absolute Gasteiger partial charge is 0.311 e. The van der Waals surface area contributed by atoms with Crippen LogP contribution in [0.5, 0.6) is 0 Å². The van der Waals surface area contributed by atoms with Gasteiger partial charge < -0.3 is 9.84 Å². The van der Waals surface area contributed by atoms with Crippen LogP contribution in [0.25, 0.3) is 0 Å². The van der Waals surface area contributed by atoms with Gasteiger partial charge in [0.1, 0.15) is 0 Å². The van der Waals surface area contributed by atoms with Gasteiger partial charge in [-0.2, -0.15) is 0 Å². The van der Waals surface area contributed by atoms with E-state index in [4.69, 9.17) is 9.84 Å². The molecule has 2 aliphatic rings. The minimum atomic E-state index is -0.663. The quantitative estimate of drug-likeness (QED) is 0.742. The first-order valence-corrected chi connectivity index (χ1v) is 5.67. The zero-order chi connectivity index (χ0) is 10.9. The summed E-state index contributed by atoms with van der Waals surface area (Å²) >= 11 is 0. The van der Waals surface area contributed by atoms with Crippen molar-refractivity contribution >= 4 is 5.97 Å². The lowest BCUT2D eigenvalue weighted by Gasteiger charge is -2.48. The molecular weight excluding hydrogens is 194 g/mol. The number of carboxylic acid groups (broad SMARTS) is 1. The van der Waals surface area contributed by atoms with Gasteiger partial charge in [0.2, 0.25) is 0 Å².